The molecule has 0 bridgehead atoms. The lowest BCUT2D eigenvalue weighted by molar-refractivity contribution is -0.384. The number of hydrogen-bond donors (Lipinski definition) is 1. The second kappa shape index (κ2) is 8.42. The molecule has 0 unspecified atom stereocenters. The summed E-state index contributed by atoms with van der Waals surface area (Å²) >= 11 is 1.34. The van der Waals surface area contributed by atoms with E-state index in [0.29, 0.717) is 30.6 Å². The summed E-state index contributed by atoms with van der Waals surface area (Å²) in [6.07, 6.45) is 0. The SMILES string of the molecule is CN(C)c1ccc([N+](=O)[O-])cc1C(=O)Nc1nc(CN2CCOCC2)cs1. The molecular formula is C17H21N5O4S. The quantitative estimate of drug-likeness (QED) is 0.595. The second-order valence-electron chi connectivity index (χ2n) is 6.34. The molecule has 0 radical (unpaired) electrons. The third-order valence-corrected chi connectivity index (χ3v) is 4.99. The van der Waals surface area contributed by atoms with Crippen molar-refractivity contribution in [3.63, 3.8) is 0 Å². The van der Waals surface area contributed by atoms with Crippen molar-refractivity contribution >= 4 is 33.8 Å². The van der Waals surface area contributed by atoms with E-state index in [2.05, 4.69) is 15.2 Å². The van der Waals surface area contributed by atoms with E-state index < -0.39 is 10.8 Å². The van der Waals surface area contributed by atoms with Crippen LogP contribution >= 0.6 is 11.3 Å². The van der Waals surface area contributed by atoms with Crippen LogP contribution in [0.15, 0.2) is 23.6 Å². The average molecular weight is 391 g/mol. The summed E-state index contributed by atoms with van der Waals surface area (Å²) < 4.78 is 5.33. The zero-order valence-electron chi connectivity index (χ0n) is 15.2. The Kier molecular flexibility index (Phi) is 5.99. The number of non-ortho nitro benzene ring substituents is 1. The molecular weight excluding hydrogens is 370 g/mol. The summed E-state index contributed by atoms with van der Waals surface area (Å²) in [7, 11) is 3.56. The summed E-state index contributed by atoms with van der Waals surface area (Å²) in [6.45, 7) is 3.86. The van der Waals surface area contributed by atoms with Crippen LogP contribution in [0, 0.1) is 10.1 Å². The number of morpholine rings is 1. The van der Waals surface area contributed by atoms with Crippen molar-refractivity contribution in [2.24, 2.45) is 0 Å². The molecule has 1 amide bonds. The molecule has 0 atom stereocenters. The van der Waals surface area contributed by atoms with Crippen LogP contribution in [0.25, 0.3) is 0 Å². The van der Waals surface area contributed by atoms with Gasteiger partial charge in [-0.05, 0) is 6.07 Å². The van der Waals surface area contributed by atoms with Crippen molar-refractivity contribution in [1.29, 1.82) is 0 Å². The molecule has 1 aliphatic heterocycles. The number of nitro benzene ring substituents is 1. The highest BCUT2D eigenvalue weighted by Crippen LogP contribution is 2.26. The van der Waals surface area contributed by atoms with Crippen LogP contribution in [0.2, 0.25) is 0 Å². The minimum absolute atomic E-state index is 0.127. The first-order valence-corrected chi connectivity index (χ1v) is 9.33. The number of nitrogens with zero attached hydrogens (tertiary/aromatic N) is 4. The third kappa shape index (κ3) is 4.79. The van der Waals surface area contributed by atoms with E-state index in [1.54, 1.807) is 25.1 Å². The lowest BCUT2D eigenvalue weighted by Crippen LogP contribution is -2.35. The zero-order chi connectivity index (χ0) is 19.4. The highest BCUT2D eigenvalue weighted by Gasteiger charge is 2.19. The van der Waals surface area contributed by atoms with Crippen molar-refractivity contribution in [2.45, 2.75) is 6.54 Å². The molecule has 9 nitrogen and oxygen atoms in total. The Morgan fingerprint density at radius 2 is 2.15 bits per heavy atom. The van der Waals surface area contributed by atoms with E-state index in [-0.39, 0.29) is 11.3 Å². The standard InChI is InChI=1S/C17H21N5O4S/c1-20(2)15-4-3-13(22(24)25)9-14(15)16(23)19-17-18-12(11-27-17)10-21-5-7-26-8-6-21/h3-4,9,11H,5-8,10H2,1-2H3,(H,18,19,23). The van der Waals surface area contributed by atoms with E-state index >= 15 is 0 Å². The van der Waals surface area contributed by atoms with Gasteiger partial charge < -0.3 is 9.64 Å². The molecule has 2 aromatic rings. The Morgan fingerprint density at radius 1 is 1.41 bits per heavy atom. The normalized spacial score (nSPS) is 14.7. The predicted octanol–water partition coefficient (Wildman–Crippen LogP) is 2.20. The first-order chi connectivity index (χ1) is 12.9. The minimum Gasteiger partial charge on any atom is -0.379 e. The lowest BCUT2D eigenvalue weighted by atomic mass is 10.1. The monoisotopic (exact) mass is 391 g/mol. The molecule has 0 aliphatic carbocycles. The van der Waals surface area contributed by atoms with Crippen molar-refractivity contribution in [1.82, 2.24) is 9.88 Å². The van der Waals surface area contributed by atoms with Crippen LogP contribution < -0.4 is 10.2 Å². The number of benzene rings is 1. The molecule has 1 aromatic carbocycles. The summed E-state index contributed by atoms with van der Waals surface area (Å²) in [4.78, 5) is 31.7. The molecule has 1 fully saturated rings. The number of anilines is 2. The number of amides is 1. The van der Waals surface area contributed by atoms with Gasteiger partial charge in [0.25, 0.3) is 11.6 Å². The number of hydrogen-bond acceptors (Lipinski definition) is 8. The van der Waals surface area contributed by atoms with Crippen LogP contribution in [-0.4, -0.2) is 61.1 Å². The van der Waals surface area contributed by atoms with Gasteiger partial charge in [-0.25, -0.2) is 4.98 Å². The Balaban J connectivity index is 1.73. The van der Waals surface area contributed by atoms with E-state index in [4.69, 9.17) is 4.74 Å². The van der Waals surface area contributed by atoms with Gasteiger partial charge in [0.2, 0.25) is 0 Å². The Labute approximate surface area is 160 Å². The molecule has 0 saturated carbocycles. The molecule has 2 heterocycles. The average Bonchev–Trinajstić information content (AvgIpc) is 3.08. The van der Waals surface area contributed by atoms with Gasteiger partial charge in [-0.15, -0.1) is 11.3 Å². The molecule has 10 heteroatoms. The van der Waals surface area contributed by atoms with Gasteiger partial charge in [0.1, 0.15) is 0 Å². The second-order valence-corrected chi connectivity index (χ2v) is 7.20. The molecule has 1 aromatic heterocycles. The lowest BCUT2D eigenvalue weighted by Gasteiger charge is -2.25. The van der Waals surface area contributed by atoms with Gasteiger partial charge in [-0.3, -0.25) is 25.1 Å². The molecule has 1 aliphatic rings. The zero-order valence-corrected chi connectivity index (χ0v) is 16.0. The van der Waals surface area contributed by atoms with Crippen molar-refractivity contribution in [3.05, 3.63) is 45.0 Å². The highest BCUT2D eigenvalue weighted by atomic mass is 32.1. The number of carbonyl (C=O) groups is 1. The maximum absolute atomic E-state index is 12.7. The smallest absolute Gasteiger partial charge is 0.270 e. The first-order valence-electron chi connectivity index (χ1n) is 8.45. The largest absolute Gasteiger partial charge is 0.379 e. The Hall–Kier alpha value is -2.56. The summed E-state index contributed by atoms with van der Waals surface area (Å²) in [5, 5.41) is 16.2. The fourth-order valence-electron chi connectivity index (χ4n) is 2.80. The molecule has 3 rings (SSSR count). The van der Waals surface area contributed by atoms with Crippen LogP contribution in [0.5, 0.6) is 0 Å². The van der Waals surface area contributed by atoms with Crippen molar-refractivity contribution < 1.29 is 14.5 Å². The third-order valence-electron chi connectivity index (χ3n) is 4.18. The summed E-state index contributed by atoms with van der Waals surface area (Å²) in [5.74, 6) is -0.422. The molecule has 0 spiro atoms. The summed E-state index contributed by atoms with van der Waals surface area (Å²) in [5.41, 5.74) is 1.59. The number of rotatable bonds is 6. The number of thiazole rings is 1. The fourth-order valence-corrected chi connectivity index (χ4v) is 3.50. The number of ether oxygens (including phenoxy) is 1. The first kappa shape index (κ1) is 19.2. The molecule has 1 saturated heterocycles. The number of carbonyl (C=O) groups excluding carboxylic acids is 1. The predicted molar refractivity (Wildman–Crippen MR) is 104 cm³/mol. The molecule has 1 N–H and O–H groups in total. The minimum atomic E-state index is -0.514. The van der Waals surface area contributed by atoms with Gasteiger partial charge in [-0.1, -0.05) is 0 Å². The van der Waals surface area contributed by atoms with Gasteiger partial charge in [0.05, 0.1) is 29.4 Å². The number of nitro groups is 1. The van der Waals surface area contributed by atoms with Crippen molar-refractivity contribution in [3.8, 4) is 0 Å². The van der Waals surface area contributed by atoms with Crippen LogP contribution in [-0.2, 0) is 11.3 Å². The van der Waals surface area contributed by atoms with E-state index in [1.807, 2.05) is 5.38 Å². The van der Waals surface area contributed by atoms with E-state index in [1.165, 1.54) is 23.5 Å². The van der Waals surface area contributed by atoms with E-state index in [9.17, 15) is 14.9 Å². The van der Waals surface area contributed by atoms with Crippen LogP contribution in [0.3, 0.4) is 0 Å². The summed E-state index contributed by atoms with van der Waals surface area (Å²) in [6, 6.07) is 4.24. The van der Waals surface area contributed by atoms with Crippen molar-refractivity contribution in [2.75, 3.05) is 50.6 Å². The Bertz CT molecular complexity index is 832. The van der Waals surface area contributed by atoms with Crippen LogP contribution in [0.4, 0.5) is 16.5 Å². The van der Waals surface area contributed by atoms with E-state index in [0.717, 1.165) is 18.8 Å². The fraction of sp³-hybridized carbons (Fsp3) is 0.412. The van der Waals surface area contributed by atoms with Gasteiger partial charge in [-0.2, -0.15) is 0 Å². The molecule has 144 valence electrons. The van der Waals surface area contributed by atoms with Gasteiger partial charge >= 0.3 is 0 Å². The highest BCUT2D eigenvalue weighted by molar-refractivity contribution is 7.14. The van der Waals surface area contributed by atoms with Crippen LogP contribution in [0.1, 0.15) is 16.1 Å². The number of aromatic nitrogens is 1. The van der Waals surface area contributed by atoms with Gasteiger partial charge in [0.15, 0.2) is 5.13 Å². The maximum atomic E-state index is 12.7. The number of nitrogens with one attached hydrogen (secondary N) is 1. The van der Waals surface area contributed by atoms with Gasteiger partial charge in [0, 0.05) is 56.9 Å². The molecule has 27 heavy (non-hydrogen) atoms. The topological polar surface area (TPSA) is 101 Å². The maximum Gasteiger partial charge on any atom is 0.270 e. The Morgan fingerprint density at radius 3 is 2.81 bits per heavy atom.